The minimum atomic E-state index is -4.20. The highest BCUT2D eigenvalue weighted by atomic mass is 32.2. The number of fused-ring (bicyclic) bond motifs is 1. The highest BCUT2D eigenvalue weighted by molar-refractivity contribution is 7.89. The van der Waals surface area contributed by atoms with Crippen LogP contribution in [0.3, 0.4) is 0 Å². The Balaban J connectivity index is 1.80. The topological polar surface area (TPSA) is 105 Å². The number of sulfonamides is 1. The van der Waals surface area contributed by atoms with Crippen LogP contribution >= 0.6 is 0 Å². The molecule has 10 heteroatoms. The van der Waals surface area contributed by atoms with Crippen LogP contribution < -0.4 is 5.32 Å². The number of nitrogens with zero attached hydrogens (tertiary/aromatic N) is 1. The molecular formula is C20H29FN2O6S. The number of ether oxygens (including phenoxy) is 2. The minimum Gasteiger partial charge on any atom is -0.389 e. The molecule has 2 aliphatic heterocycles. The lowest BCUT2D eigenvalue weighted by Crippen LogP contribution is -2.57. The molecule has 1 aromatic carbocycles. The summed E-state index contributed by atoms with van der Waals surface area (Å²) in [5, 5.41) is 13.0. The number of β-amino-alcohol motifs (C(OH)–C–C–N with tert-alkyl or cyclic N) is 1. The molecule has 0 aromatic heterocycles. The average molecular weight is 445 g/mol. The molecule has 2 saturated heterocycles. The highest BCUT2D eigenvalue weighted by Crippen LogP contribution is 2.32. The average Bonchev–Trinajstić information content (AvgIpc) is 2.70. The molecule has 168 valence electrons. The Morgan fingerprint density at radius 1 is 1.30 bits per heavy atom. The maximum atomic E-state index is 14.3. The van der Waals surface area contributed by atoms with E-state index >= 15 is 0 Å². The van der Waals surface area contributed by atoms with E-state index in [1.807, 2.05) is 6.92 Å². The molecule has 2 N–H and O–H groups in total. The predicted octanol–water partition coefficient (Wildman–Crippen LogP) is 1.04. The maximum absolute atomic E-state index is 14.3. The molecule has 0 spiro atoms. The summed E-state index contributed by atoms with van der Waals surface area (Å²) in [4.78, 5) is 11.6. The van der Waals surface area contributed by atoms with Gasteiger partial charge in [-0.15, -0.1) is 0 Å². The number of carbonyl (C=O) groups is 1. The van der Waals surface area contributed by atoms with Crippen molar-refractivity contribution in [1.82, 2.24) is 9.62 Å². The second-order valence-corrected chi connectivity index (χ2v) is 9.55. The highest BCUT2D eigenvalue weighted by Gasteiger charge is 2.43. The molecule has 0 aliphatic carbocycles. The van der Waals surface area contributed by atoms with Crippen molar-refractivity contribution in [3.05, 3.63) is 30.1 Å². The normalized spacial score (nSPS) is 28.2. The molecule has 2 heterocycles. The fourth-order valence-electron chi connectivity index (χ4n) is 3.89. The van der Waals surface area contributed by atoms with Crippen molar-refractivity contribution in [2.24, 2.45) is 0 Å². The second-order valence-electron chi connectivity index (χ2n) is 7.69. The summed E-state index contributed by atoms with van der Waals surface area (Å²) in [6, 6.07) is 4.56. The summed E-state index contributed by atoms with van der Waals surface area (Å²) in [7, 11) is -4.20. The summed E-state index contributed by atoms with van der Waals surface area (Å²) in [5.74, 6) is -0.956. The van der Waals surface area contributed by atoms with Crippen LogP contribution in [-0.4, -0.2) is 74.4 Å². The van der Waals surface area contributed by atoms with E-state index in [1.54, 1.807) is 0 Å². The number of benzene rings is 1. The number of aliphatic hydroxyl groups is 1. The van der Waals surface area contributed by atoms with Crippen molar-refractivity contribution >= 4 is 15.9 Å². The van der Waals surface area contributed by atoms with Gasteiger partial charge in [-0.2, -0.15) is 4.31 Å². The molecule has 0 radical (unpaired) electrons. The van der Waals surface area contributed by atoms with Gasteiger partial charge in [-0.05, 0) is 31.4 Å². The Morgan fingerprint density at radius 2 is 2.07 bits per heavy atom. The van der Waals surface area contributed by atoms with E-state index in [2.05, 4.69) is 5.32 Å². The number of aliphatic hydroxyl groups excluding tert-OH is 1. The Morgan fingerprint density at radius 3 is 2.80 bits per heavy atom. The van der Waals surface area contributed by atoms with Crippen LogP contribution in [0.25, 0.3) is 0 Å². The molecule has 0 bridgehead atoms. The van der Waals surface area contributed by atoms with E-state index in [4.69, 9.17) is 9.47 Å². The first-order valence-electron chi connectivity index (χ1n) is 10.3. The van der Waals surface area contributed by atoms with E-state index in [1.165, 1.54) is 18.2 Å². The monoisotopic (exact) mass is 444 g/mol. The zero-order chi connectivity index (χ0) is 21.7. The fourth-order valence-corrected chi connectivity index (χ4v) is 5.68. The molecule has 0 saturated carbocycles. The van der Waals surface area contributed by atoms with Crippen molar-refractivity contribution in [2.75, 3.05) is 26.3 Å². The van der Waals surface area contributed by atoms with E-state index in [-0.39, 0.29) is 38.2 Å². The number of hydrogen-bond donors (Lipinski definition) is 2. The molecular weight excluding hydrogens is 415 g/mol. The van der Waals surface area contributed by atoms with Crippen molar-refractivity contribution in [3.63, 3.8) is 0 Å². The summed E-state index contributed by atoms with van der Waals surface area (Å²) in [6.07, 6.45) is -0.0939. The number of amides is 1. The predicted molar refractivity (Wildman–Crippen MR) is 107 cm³/mol. The van der Waals surface area contributed by atoms with Crippen LogP contribution in [0.2, 0.25) is 0 Å². The van der Waals surface area contributed by atoms with Gasteiger partial charge in [-0.1, -0.05) is 19.1 Å². The quantitative estimate of drug-likeness (QED) is 0.679. The van der Waals surface area contributed by atoms with Gasteiger partial charge in [0.05, 0.1) is 44.0 Å². The van der Waals surface area contributed by atoms with Crippen LogP contribution in [0.5, 0.6) is 0 Å². The van der Waals surface area contributed by atoms with E-state index in [9.17, 15) is 22.7 Å². The third-order valence-electron chi connectivity index (χ3n) is 5.34. The number of rotatable bonds is 6. The standard InChI is InChI=1S/C20H29FN2O6S/c1-2-9-22-20(25)10-15-7-8-17-18(29-15)13-28-12-14(24)11-23(17)30(26,27)19-6-4-3-5-16(19)21/h3-6,14-15,17-18,24H,2,7-13H2,1H3,(H,22,25)/t14-,15+,17-,18+/m0/s1. The van der Waals surface area contributed by atoms with Gasteiger partial charge >= 0.3 is 0 Å². The van der Waals surface area contributed by atoms with Crippen LogP contribution in [-0.2, 0) is 24.3 Å². The maximum Gasteiger partial charge on any atom is 0.246 e. The Bertz CT molecular complexity index is 836. The van der Waals surface area contributed by atoms with Gasteiger partial charge in [0.25, 0.3) is 0 Å². The first-order chi connectivity index (χ1) is 14.3. The molecule has 4 atom stereocenters. The number of nitrogens with one attached hydrogen (secondary N) is 1. The lowest BCUT2D eigenvalue weighted by Gasteiger charge is -2.43. The SMILES string of the molecule is CCCNC(=O)C[C@H]1CC[C@H]2[C@@H](COC[C@@H](O)CN2S(=O)(=O)c2ccccc2F)O1. The zero-order valence-corrected chi connectivity index (χ0v) is 17.8. The van der Waals surface area contributed by atoms with E-state index < -0.39 is 39.0 Å². The fraction of sp³-hybridized carbons (Fsp3) is 0.650. The number of carbonyl (C=O) groups excluding carboxylic acids is 1. The lowest BCUT2D eigenvalue weighted by atomic mass is 9.96. The molecule has 3 rings (SSSR count). The summed E-state index contributed by atoms with van der Waals surface area (Å²) in [5.41, 5.74) is 0. The third-order valence-corrected chi connectivity index (χ3v) is 7.27. The van der Waals surface area contributed by atoms with Gasteiger partial charge in [-0.3, -0.25) is 4.79 Å². The van der Waals surface area contributed by atoms with Crippen molar-refractivity contribution < 1.29 is 32.2 Å². The first-order valence-corrected chi connectivity index (χ1v) is 11.7. The minimum absolute atomic E-state index is 0.0580. The van der Waals surface area contributed by atoms with Gasteiger partial charge in [0.1, 0.15) is 10.7 Å². The van der Waals surface area contributed by atoms with Gasteiger partial charge < -0.3 is 19.9 Å². The smallest absolute Gasteiger partial charge is 0.246 e. The Kier molecular flexibility index (Phi) is 7.81. The van der Waals surface area contributed by atoms with Crippen LogP contribution in [0.1, 0.15) is 32.6 Å². The van der Waals surface area contributed by atoms with Gasteiger partial charge in [0.15, 0.2) is 0 Å². The van der Waals surface area contributed by atoms with Gasteiger partial charge in [0, 0.05) is 13.1 Å². The van der Waals surface area contributed by atoms with Crippen LogP contribution in [0.4, 0.5) is 4.39 Å². The molecule has 1 aromatic rings. The van der Waals surface area contributed by atoms with Crippen molar-refractivity contribution in [1.29, 1.82) is 0 Å². The summed E-state index contributed by atoms with van der Waals surface area (Å²) in [6.45, 7) is 2.36. The van der Waals surface area contributed by atoms with Crippen LogP contribution in [0, 0.1) is 5.82 Å². The van der Waals surface area contributed by atoms with Crippen molar-refractivity contribution in [2.45, 2.75) is 61.9 Å². The zero-order valence-electron chi connectivity index (χ0n) is 17.0. The Hall–Kier alpha value is -1.59. The number of hydrogen-bond acceptors (Lipinski definition) is 6. The lowest BCUT2D eigenvalue weighted by molar-refractivity contribution is -0.146. The van der Waals surface area contributed by atoms with E-state index in [0.29, 0.717) is 19.4 Å². The summed E-state index contributed by atoms with van der Waals surface area (Å²) >= 11 is 0. The van der Waals surface area contributed by atoms with E-state index in [0.717, 1.165) is 16.8 Å². The Labute approximate surface area is 176 Å². The molecule has 1 amide bonds. The van der Waals surface area contributed by atoms with Crippen LogP contribution in [0.15, 0.2) is 29.2 Å². The second kappa shape index (κ2) is 10.1. The number of halogens is 1. The summed E-state index contributed by atoms with van der Waals surface area (Å²) < 4.78 is 53.5. The molecule has 2 fully saturated rings. The molecule has 30 heavy (non-hydrogen) atoms. The third kappa shape index (κ3) is 5.36. The molecule has 2 aliphatic rings. The van der Waals surface area contributed by atoms with Crippen molar-refractivity contribution in [3.8, 4) is 0 Å². The van der Waals surface area contributed by atoms with Gasteiger partial charge in [-0.25, -0.2) is 12.8 Å². The molecule has 0 unspecified atom stereocenters. The largest absolute Gasteiger partial charge is 0.389 e. The molecule has 8 nitrogen and oxygen atoms in total. The first kappa shape index (κ1) is 23.1. The van der Waals surface area contributed by atoms with Gasteiger partial charge in [0.2, 0.25) is 15.9 Å².